The van der Waals surface area contributed by atoms with Crippen molar-refractivity contribution < 1.29 is 9.18 Å². The Hall–Kier alpha value is -1.47. The van der Waals surface area contributed by atoms with E-state index in [-0.39, 0.29) is 24.1 Å². The highest BCUT2D eigenvalue weighted by Gasteiger charge is 2.31. The molecule has 2 aromatic rings. The number of fused-ring (bicyclic) bond motifs is 1. The lowest BCUT2D eigenvalue weighted by Gasteiger charge is -2.22. The fourth-order valence-electron chi connectivity index (χ4n) is 2.17. The van der Waals surface area contributed by atoms with Crippen molar-refractivity contribution in [2.75, 3.05) is 11.1 Å². The van der Waals surface area contributed by atoms with Crippen LogP contribution in [0.5, 0.6) is 0 Å². The van der Waals surface area contributed by atoms with Gasteiger partial charge in [-0.2, -0.15) is 0 Å². The quantitative estimate of drug-likeness (QED) is 0.837. The molecule has 7 heteroatoms. The molecule has 98 valence electrons. The van der Waals surface area contributed by atoms with Crippen molar-refractivity contribution in [1.82, 2.24) is 4.98 Å². The largest absolute Gasteiger partial charge is 0.375 e. The van der Waals surface area contributed by atoms with Crippen molar-refractivity contribution in [3.8, 4) is 0 Å². The summed E-state index contributed by atoms with van der Waals surface area (Å²) in [6.45, 7) is 0. The highest BCUT2D eigenvalue weighted by molar-refractivity contribution is 9.10. The van der Waals surface area contributed by atoms with Crippen molar-refractivity contribution in [2.45, 2.75) is 12.3 Å². The number of nitrogens with two attached hydrogens (primary N) is 1. The standard InChI is InChI=1S/C12H9BrFN3OS/c13-5-1-2-8(14)6(3-5)7-4-9(18)16-11-10(7)19-12(15)17-11/h1-3,7H,4H2,(H2,15,17)(H,16,18)/t7-/m0/s1. The van der Waals surface area contributed by atoms with Gasteiger partial charge in [0.05, 0.1) is 4.88 Å². The van der Waals surface area contributed by atoms with Gasteiger partial charge in [-0.25, -0.2) is 9.37 Å². The van der Waals surface area contributed by atoms with Gasteiger partial charge in [-0.15, -0.1) is 0 Å². The molecule has 1 aromatic carbocycles. The topological polar surface area (TPSA) is 68.0 Å². The molecule has 0 bridgehead atoms. The maximum atomic E-state index is 14.0. The summed E-state index contributed by atoms with van der Waals surface area (Å²) in [4.78, 5) is 16.6. The predicted molar refractivity (Wildman–Crippen MR) is 75.7 cm³/mol. The van der Waals surface area contributed by atoms with Gasteiger partial charge in [-0.05, 0) is 23.8 Å². The first-order valence-electron chi connectivity index (χ1n) is 5.55. The number of carbonyl (C=O) groups excluding carboxylic acids is 1. The van der Waals surface area contributed by atoms with Crippen LogP contribution >= 0.6 is 27.3 Å². The zero-order chi connectivity index (χ0) is 13.6. The number of nitrogens with one attached hydrogen (secondary N) is 1. The molecule has 0 saturated carbocycles. The second kappa shape index (κ2) is 4.57. The molecule has 1 aromatic heterocycles. The Kier molecular flexibility index (Phi) is 3.02. The lowest BCUT2D eigenvalue weighted by Crippen LogP contribution is -2.23. The third-order valence-corrected chi connectivity index (χ3v) is 4.46. The summed E-state index contributed by atoms with van der Waals surface area (Å²) >= 11 is 4.60. The van der Waals surface area contributed by atoms with Crippen LogP contribution in [0.2, 0.25) is 0 Å². The fraction of sp³-hybridized carbons (Fsp3) is 0.167. The Morgan fingerprint density at radius 2 is 2.32 bits per heavy atom. The fourth-order valence-corrected chi connectivity index (χ4v) is 3.46. The maximum absolute atomic E-state index is 14.0. The van der Waals surface area contributed by atoms with Gasteiger partial charge in [0.1, 0.15) is 11.6 Å². The average molecular weight is 342 g/mol. The van der Waals surface area contributed by atoms with Crippen LogP contribution in [0.25, 0.3) is 0 Å². The summed E-state index contributed by atoms with van der Waals surface area (Å²) in [5.74, 6) is -0.401. The molecule has 1 aliphatic rings. The normalized spacial score (nSPS) is 18.0. The first-order chi connectivity index (χ1) is 9.04. The number of amides is 1. The van der Waals surface area contributed by atoms with Crippen LogP contribution in [0.3, 0.4) is 0 Å². The molecule has 1 atom stereocenters. The zero-order valence-electron chi connectivity index (χ0n) is 9.61. The van der Waals surface area contributed by atoms with Crippen LogP contribution in [0.1, 0.15) is 22.8 Å². The van der Waals surface area contributed by atoms with Crippen LogP contribution in [0.15, 0.2) is 22.7 Å². The van der Waals surface area contributed by atoms with Gasteiger partial charge in [0, 0.05) is 16.8 Å². The van der Waals surface area contributed by atoms with E-state index in [0.29, 0.717) is 16.5 Å². The van der Waals surface area contributed by atoms with Crippen molar-refractivity contribution in [3.05, 3.63) is 38.9 Å². The first kappa shape index (κ1) is 12.6. The van der Waals surface area contributed by atoms with Crippen molar-refractivity contribution in [1.29, 1.82) is 0 Å². The smallest absolute Gasteiger partial charge is 0.226 e. The first-order valence-corrected chi connectivity index (χ1v) is 7.16. The molecular weight excluding hydrogens is 333 g/mol. The van der Waals surface area contributed by atoms with E-state index in [1.807, 2.05) is 0 Å². The lowest BCUT2D eigenvalue weighted by atomic mass is 9.91. The Balaban J connectivity index is 2.14. The number of carbonyl (C=O) groups is 1. The molecule has 0 aliphatic carbocycles. The Morgan fingerprint density at radius 1 is 1.53 bits per heavy atom. The molecule has 0 spiro atoms. The highest BCUT2D eigenvalue weighted by Crippen LogP contribution is 2.42. The molecule has 2 heterocycles. The second-order valence-corrected chi connectivity index (χ2v) is 6.21. The van der Waals surface area contributed by atoms with Crippen molar-refractivity contribution >= 4 is 44.1 Å². The lowest BCUT2D eigenvalue weighted by molar-refractivity contribution is -0.116. The number of nitrogens with zero attached hydrogens (tertiary/aromatic N) is 1. The van der Waals surface area contributed by atoms with Crippen molar-refractivity contribution in [3.63, 3.8) is 0 Å². The summed E-state index contributed by atoms with van der Waals surface area (Å²) in [5.41, 5.74) is 6.15. The highest BCUT2D eigenvalue weighted by atomic mass is 79.9. The van der Waals surface area contributed by atoms with Gasteiger partial charge in [-0.1, -0.05) is 27.3 Å². The molecule has 4 nitrogen and oxygen atoms in total. The van der Waals surface area contributed by atoms with Gasteiger partial charge >= 0.3 is 0 Å². The van der Waals surface area contributed by atoms with Crippen LogP contribution in [-0.4, -0.2) is 10.9 Å². The van der Waals surface area contributed by atoms with E-state index < -0.39 is 0 Å². The molecule has 1 amide bonds. The minimum Gasteiger partial charge on any atom is -0.375 e. The van der Waals surface area contributed by atoms with Gasteiger partial charge in [0.15, 0.2) is 5.13 Å². The van der Waals surface area contributed by atoms with E-state index in [1.165, 1.54) is 17.4 Å². The number of benzene rings is 1. The van der Waals surface area contributed by atoms with Gasteiger partial charge < -0.3 is 11.1 Å². The van der Waals surface area contributed by atoms with E-state index in [0.717, 1.165) is 9.35 Å². The number of anilines is 2. The number of rotatable bonds is 1. The molecule has 19 heavy (non-hydrogen) atoms. The summed E-state index contributed by atoms with van der Waals surface area (Å²) in [6, 6.07) is 4.71. The van der Waals surface area contributed by atoms with E-state index in [1.54, 1.807) is 12.1 Å². The number of nitrogen functional groups attached to an aromatic ring is 1. The van der Waals surface area contributed by atoms with E-state index >= 15 is 0 Å². The Labute approximate surface area is 121 Å². The molecule has 0 radical (unpaired) electrons. The molecule has 3 N–H and O–H groups in total. The Bertz CT molecular complexity index is 673. The predicted octanol–water partition coefficient (Wildman–Crippen LogP) is 3.10. The van der Waals surface area contributed by atoms with Crippen LogP contribution in [0, 0.1) is 5.82 Å². The number of aromatic nitrogens is 1. The molecule has 0 unspecified atom stereocenters. The third-order valence-electron chi connectivity index (χ3n) is 2.97. The van der Waals surface area contributed by atoms with E-state index in [4.69, 9.17) is 5.73 Å². The molecule has 0 saturated heterocycles. The number of halogens is 2. The summed E-state index contributed by atoms with van der Waals surface area (Å²) in [6.07, 6.45) is 0.196. The number of thiazole rings is 1. The van der Waals surface area contributed by atoms with Gasteiger partial charge in [0.25, 0.3) is 0 Å². The molecule has 3 rings (SSSR count). The van der Waals surface area contributed by atoms with Gasteiger partial charge in [-0.3, -0.25) is 4.79 Å². The van der Waals surface area contributed by atoms with Gasteiger partial charge in [0.2, 0.25) is 5.91 Å². The second-order valence-electron chi connectivity index (χ2n) is 4.24. The summed E-state index contributed by atoms with van der Waals surface area (Å²) in [7, 11) is 0. The maximum Gasteiger partial charge on any atom is 0.226 e. The summed E-state index contributed by atoms with van der Waals surface area (Å²) in [5, 5.41) is 3.03. The molecule has 0 fully saturated rings. The summed E-state index contributed by atoms with van der Waals surface area (Å²) < 4.78 is 14.8. The number of hydrogen-bond donors (Lipinski definition) is 2. The SMILES string of the molecule is Nc1nc2c(s1)[C@H](c1cc(Br)ccc1F)CC(=O)N2. The zero-order valence-corrected chi connectivity index (χ0v) is 12.0. The molecular formula is C12H9BrFN3OS. The molecule has 1 aliphatic heterocycles. The Morgan fingerprint density at radius 3 is 3.11 bits per heavy atom. The van der Waals surface area contributed by atoms with Crippen LogP contribution in [0.4, 0.5) is 15.3 Å². The number of hydrogen-bond acceptors (Lipinski definition) is 4. The minimum atomic E-state index is -0.337. The van der Waals surface area contributed by atoms with Crippen molar-refractivity contribution in [2.24, 2.45) is 0 Å². The monoisotopic (exact) mass is 341 g/mol. The van der Waals surface area contributed by atoms with E-state index in [9.17, 15) is 9.18 Å². The van der Waals surface area contributed by atoms with Crippen LogP contribution < -0.4 is 11.1 Å². The average Bonchev–Trinajstić information content (AvgIpc) is 2.71. The minimum absolute atomic E-state index is 0.179. The van der Waals surface area contributed by atoms with E-state index in [2.05, 4.69) is 26.2 Å². The third kappa shape index (κ3) is 2.23. The van der Waals surface area contributed by atoms with Crippen LogP contribution in [-0.2, 0) is 4.79 Å².